The minimum atomic E-state index is -3.76. The summed E-state index contributed by atoms with van der Waals surface area (Å²) in [5.74, 6) is -3.76. The molecule has 0 unspecified atom stereocenters. The molecule has 106 valence electrons. The van der Waals surface area contributed by atoms with Crippen LogP contribution in [0.25, 0.3) is 0 Å². The Morgan fingerprint density at radius 3 is 2.68 bits per heavy atom. The zero-order chi connectivity index (χ0) is 14.4. The van der Waals surface area contributed by atoms with Crippen molar-refractivity contribution in [1.82, 2.24) is 9.55 Å². The number of ether oxygens (including phenoxy) is 1. The molecule has 3 atom stereocenters. The Labute approximate surface area is 105 Å². The van der Waals surface area contributed by atoms with Crippen molar-refractivity contribution in [3.05, 3.63) is 32.6 Å². The highest BCUT2D eigenvalue weighted by molar-refractivity contribution is 5.04. The zero-order valence-corrected chi connectivity index (χ0v) is 9.84. The fraction of sp³-hybridized carbons (Fsp3) is 0.600. The second kappa shape index (κ2) is 4.51. The van der Waals surface area contributed by atoms with E-state index in [9.17, 15) is 23.5 Å². The van der Waals surface area contributed by atoms with Crippen LogP contribution in [-0.4, -0.2) is 44.5 Å². The number of hydrogen-bond donors (Lipinski definition) is 3. The van der Waals surface area contributed by atoms with Crippen LogP contribution in [0.4, 0.5) is 8.78 Å². The molecule has 9 heteroatoms. The maximum absolute atomic E-state index is 13.8. The summed E-state index contributed by atoms with van der Waals surface area (Å²) in [4.78, 5) is 24.5. The second-order valence-corrected chi connectivity index (χ2v) is 4.31. The summed E-state index contributed by atoms with van der Waals surface area (Å²) in [6.07, 6.45) is -4.89. The van der Waals surface area contributed by atoms with Gasteiger partial charge in [0, 0.05) is 11.8 Å². The van der Waals surface area contributed by atoms with Gasteiger partial charge in [-0.25, -0.2) is 4.79 Å². The van der Waals surface area contributed by atoms with E-state index >= 15 is 0 Å². The first kappa shape index (κ1) is 13.8. The number of aromatic nitrogens is 2. The number of aliphatic hydroxyl groups excluding tert-OH is 2. The van der Waals surface area contributed by atoms with Crippen LogP contribution in [0.3, 0.4) is 0 Å². The monoisotopic (exact) mass is 278 g/mol. The first-order valence-corrected chi connectivity index (χ1v) is 5.43. The largest absolute Gasteiger partial charge is 0.394 e. The summed E-state index contributed by atoms with van der Waals surface area (Å²) >= 11 is 0. The summed E-state index contributed by atoms with van der Waals surface area (Å²) in [6, 6.07) is 0. The standard InChI is InChI=1S/C10H12F2N2O5/c1-4-2-14(9(18)13-7(4)17)8-10(11,12)6(16)5(3-15)19-8/h2,5-6,8,15-16H,3H2,1H3,(H,13,17,18)/t5-,6+,8-/m1/s1. The molecule has 0 bridgehead atoms. The molecule has 1 saturated heterocycles. The molecule has 0 spiro atoms. The van der Waals surface area contributed by atoms with Crippen LogP contribution >= 0.6 is 0 Å². The van der Waals surface area contributed by atoms with Gasteiger partial charge in [-0.15, -0.1) is 0 Å². The van der Waals surface area contributed by atoms with E-state index in [4.69, 9.17) is 9.84 Å². The van der Waals surface area contributed by atoms with Gasteiger partial charge in [-0.2, -0.15) is 8.78 Å². The number of aliphatic hydroxyl groups is 2. The maximum Gasteiger partial charge on any atom is 0.330 e. The summed E-state index contributed by atoms with van der Waals surface area (Å²) in [5, 5.41) is 18.2. The van der Waals surface area contributed by atoms with Crippen molar-refractivity contribution in [3.8, 4) is 0 Å². The van der Waals surface area contributed by atoms with Gasteiger partial charge in [0.1, 0.15) is 6.10 Å². The molecule has 19 heavy (non-hydrogen) atoms. The van der Waals surface area contributed by atoms with Gasteiger partial charge in [-0.1, -0.05) is 0 Å². The Kier molecular flexibility index (Phi) is 3.29. The molecule has 1 aromatic heterocycles. The average Bonchev–Trinajstić information content (AvgIpc) is 2.56. The van der Waals surface area contributed by atoms with Crippen molar-refractivity contribution < 1.29 is 23.7 Å². The van der Waals surface area contributed by atoms with E-state index in [-0.39, 0.29) is 5.56 Å². The summed E-state index contributed by atoms with van der Waals surface area (Å²) in [6.45, 7) is 0.520. The number of halogens is 2. The molecule has 0 saturated carbocycles. The van der Waals surface area contributed by atoms with Crippen LogP contribution in [0.1, 0.15) is 11.8 Å². The van der Waals surface area contributed by atoms with Gasteiger partial charge in [0.25, 0.3) is 5.56 Å². The molecule has 1 aliphatic heterocycles. The Hall–Kier alpha value is -1.58. The van der Waals surface area contributed by atoms with Crippen molar-refractivity contribution >= 4 is 0 Å². The molecular weight excluding hydrogens is 266 g/mol. The Balaban J connectivity index is 2.51. The Morgan fingerprint density at radius 2 is 2.16 bits per heavy atom. The van der Waals surface area contributed by atoms with Crippen LogP contribution in [-0.2, 0) is 4.74 Å². The fourth-order valence-electron chi connectivity index (χ4n) is 1.88. The maximum atomic E-state index is 13.8. The number of nitrogens with one attached hydrogen (secondary N) is 1. The van der Waals surface area contributed by atoms with Gasteiger partial charge in [0.2, 0.25) is 6.23 Å². The van der Waals surface area contributed by atoms with Crippen LogP contribution in [0.2, 0.25) is 0 Å². The molecule has 1 fully saturated rings. The van der Waals surface area contributed by atoms with Gasteiger partial charge in [0.05, 0.1) is 6.61 Å². The van der Waals surface area contributed by atoms with E-state index < -0.39 is 42.2 Å². The lowest BCUT2D eigenvalue weighted by molar-refractivity contribution is -0.141. The molecule has 1 aromatic rings. The molecule has 1 aliphatic rings. The van der Waals surface area contributed by atoms with E-state index in [1.165, 1.54) is 6.92 Å². The predicted octanol–water partition coefficient (Wildman–Crippen LogP) is -1.27. The van der Waals surface area contributed by atoms with Gasteiger partial charge in [-0.3, -0.25) is 14.3 Å². The lowest BCUT2D eigenvalue weighted by Gasteiger charge is -2.21. The lowest BCUT2D eigenvalue weighted by Crippen LogP contribution is -2.43. The molecule has 0 radical (unpaired) electrons. The number of hydrogen-bond acceptors (Lipinski definition) is 5. The number of aromatic amines is 1. The van der Waals surface area contributed by atoms with Crippen LogP contribution in [0, 0.1) is 6.92 Å². The smallest absolute Gasteiger partial charge is 0.330 e. The Morgan fingerprint density at radius 1 is 1.53 bits per heavy atom. The van der Waals surface area contributed by atoms with Crippen molar-refractivity contribution in [2.45, 2.75) is 31.3 Å². The number of nitrogens with zero attached hydrogens (tertiary/aromatic N) is 1. The van der Waals surface area contributed by atoms with Gasteiger partial charge >= 0.3 is 11.6 Å². The van der Waals surface area contributed by atoms with Crippen LogP contribution in [0.15, 0.2) is 15.8 Å². The molecule has 2 rings (SSSR count). The fourth-order valence-corrected chi connectivity index (χ4v) is 1.88. The molecule has 0 aromatic carbocycles. The normalized spacial score (nSPS) is 29.6. The first-order valence-electron chi connectivity index (χ1n) is 5.43. The lowest BCUT2D eigenvalue weighted by atomic mass is 10.1. The van der Waals surface area contributed by atoms with E-state index in [0.29, 0.717) is 4.57 Å². The highest BCUT2D eigenvalue weighted by Crippen LogP contribution is 2.41. The quantitative estimate of drug-likeness (QED) is 0.625. The minimum Gasteiger partial charge on any atom is -0.394 e. The van der Waals surface area contributed by atoms with Gasteiger partial charge in [-0.05, 0) is 6.92 Å². The average molecular weight is 278 g/mol. The Bertz CT molecular complexity index is 596. The highest BCUT2D eigenvalue weighted by Gasteiger charge is 2.59. The summed E-state index contributed by atoms with van der Waals surface area (Å²) in [7, 11) is 0. The van der Waals surface area contributed by atoms with Crippen LogP contribution < -0.4 is 11.2 Å². The molecule has 3 N–H and O–H groups in total. The van der Waals surface area contributed by atoms with Gasteiger partial charge < -0.3 is 14.9 Å². The number of alkyl halides is 2. The van der Waals surface area contributed by atoms with Gasteiger partial charge in [0.15, 0.2) is 6.10 Å². The summed E-state index contributed by atoms with van der Waals surface area (Å²) < 4.78 is 32.9. The zero-order valence-electron chi connectivity index (χ0n) is 9.84. The minimum absolute atomic E-state index is 0.0425. The third-order valence-electron chi connectivity index (χ3n) is 2.96. The summed E-state index contributed by atoms with van der Waals surface area (Å²) in [5.41, 5.74) is -1.73. The molecular formula is C10H12F2N2O5. The predicted molar refractivity (Wildman–Crippen MR) is 58.0 cm³/mol. The third kappa shape index (κ3) is 2.09. The number of H-pyrrole nitrogens is 1. The second-order valence-electron chi connectivity index (χ2n) is 4.31. The van der Waals surface area contributed by atoms with Crippen molar-refractivity contribution in [2.75, 3.05) is 6.61 Å². The highest BCUT2D eigenvalue weighted by atomic mass is 19.3. The first-order chi connectivity index (χ1) is 8.78. The molecule has 7 nitrogen and oxygen atoms in total. The SMILES string of the molecule is Cc1cn([C@@H]2O[C@H](CO)[C@H](O)C2(F)F)c(=O)[nH]c1=O. The van der Waals surface area contributed by atoms with Crippen molar-refractivity contribution in [2.24, 2.45) is 0 Å². The number of rotatable bonds is 2. The van der Waals surface area contributed by atoms with E-state index in [1.807, 2.05) is 4.98 Å². The van der Waals surface area contributed by atoms with Crippen molar-refractivity contribution in [1.29, 1.82) is 0 Å². The van der Waals surface area contributed by atoms with Crippen LogP contribution in [0.5, 0.6) is 0 Å². The van der Waals surface area contributed by atoms with E-state index in [1.54, 1.807) is 0 Å². The molecule has 2 heterocycles. The van der Waals surface area contributed by atoms with E-state index in [2.05, 4.69) is 0 Å². The third-order valence-corrected chi connectivity index (χ3v) is 2.96. The number of aryl methyl sites for hydroxylation is 1. The van der Waals surface area contributed by atoms with Crippen molar-refractivity contribution in [3.63, 3.8) is 0 Å². The molecule has 0 aliphatic carbocycles. The van der Waals surface area contributed by atoms with E-state index in [0.717, 1.165) is 6.20 Å². The molecule has 0 amide bonds. The topological polar surface area (TPSA) is 105 Å².